The fourth-order valence-electron chi connectivity index (χ4n) is 1.73. The summed E-state index contributed by atoms with van der Waals surface area (Å²) < 4.78 is 10.4. The first-order valence-electron chi connectivity index (χ1n) is 5.99. The Bertz CT molecular complexity index is 792. The molecule has 0 aliphatic heterocycles. The first-order chi connectivity index (χ1) is 10.5. The number of nitrogens with zero attached hydrogens (tertiary/aromatic N) is 1. The Morgan fingerprint density at radius 1 is 1.50 bits per heavy atom. The van der Waals surface area contributed by atoms with Crippen LogP contribution in [0.3, 0.4) is 0 Å². The van der Waals surface area contributed by atoms with Crippen LogP contribution in [0.4, 0.5) is 0 Å². The molecule has 0 aliphatic rings. The number of carbonyl (C=O) groups excluding carboxylic acids is 2. The molecule has 116 valence electrons. The molecule has 2 aromatic rings. The highest BCUT2D eigenvalue weighted by Crippen LogP contribution is 2.19. The minimum atomic E-state index is -1.39. The zero-order valence-electron chi connectivity index (χ0n) is 11.3. The van der Waals surface area contributed by atoms with E-state index in [1.54, 1.807) is 18.2 Å². The highest BCUT2D eigenvalue weighted by molar-refractivity contribution is 9.10. The Labute approximate surface area is 137 Å². The number of rotatable bonds is 4. The smallest absolute Gasteiger partial charge is 0.361 e. The molecular weight excluding hydrogens is 380 g/mol. The number of alkyl halides is 1. The minimum Gasteiger partial charge on any atom is -0.467 e. The van der Waals surface area contributed by atoms with Crippen molar-refractivity contribution in [3.63, 3.8) is 0 Å². The van der Waals surface area contributed by atoms with Gasteiger partial charge in [0.05, 0.1) is 7.11 Å². The van der Waals surface area contributed by atoms with Crippen LogP contribution in [0.25, 0.3) is 11.1 Å². The van der Waals surface area contributed by atoms with E-state index >= 15 is 0 Å². The van der Waals surface area contributed by atoms with Crippen molar-refractivity contribution in [2.45, 2.75) is 6.04 Å². The van der Waals surface area contributed by atoms with E-state index in [9.17, 15) is 14.4 Å². The van der Waals surface area contributed by atoms with Gasteiger partial charge in [-0.05, 0) is 18.2 Å². The van der Waals surface area contributed by atoms with Gasteiger partial charge in [0.2, 0.25) is 5.91 Å². The number of aromatic nitrogens is 1. The molecule has 1 atom stereocenters. The molecule has 0 saturated heterocycles. The summed E-state index contributed by atoms with van der Waals surface area (Å²) in [7, 11) is 1.13. The zero-order chi connectivity index (χ0) is 16.3. The summed E-state index contributed by atoms with van der Waals surface area (Å²) >= 11 is 8.64. The molecule has 1 amide bonds. The summed E-state index contributed by atoms with van der Waals surface area (Å²) in [5, 5.41) is 2.27. The zero-order valence-corrected chi connectivity index (χ0v) is 13.6. The fourth-order valence-corrected chi connectivity index (χ4v) is 2.15. The molecule has 22 heavy (non-hydrogen) atoms. The molecule has 1 aromatic heterocycles. The Morgan fingerprint density at radius 3 is 2.86 bits per heavy atom. The number of amides is 1. The Kier molecular flexibility index (Phi) is 5.15. The summed E-state index contributed by atoms with van der Waals surface area (Å²) in [6.07, 6.45) is 0. The molecule has 2 rings (SSSR count). The van der Waals surface area contributed by atoms with Crippen LogP contribution in [0.1, 0.15) is 11.7 Å². The average Bonchev–Trinajstić information content (AvgIpc) is 2.51. The average molecular weight is 390 g/mol. The molecular formula is C13H10BrClN2O5. The standard InChI is InChI=1S/C13H10BrClN2O5/c1-21-12(19)10(17-9(18)5-15)11-13(20)22-8-4-6(14)2-3-7(8)16-11/h2-4,10H,5H2,1H3,(H,17,18). The number of carbonyl (C=O) groups is 2. The quantitative estimate of drug-likeness (QED) is 0.629. The van der Waals surface area contributed by atoms with Gasteiger partial charge in [-0.3, -0.25) is 4.79 Å². The monoisotopic (exact) mass is 388 g/mol. The van der Waals surface area contributed by atoms with Crippen molar-refractivity contribution in [1.82, 2.24) is 10.3 Å². The first-order valence-corrected chi connectivity index (χ1v) is 7.32. The molecule has 0 aliphatic carbocycles. The van der Waals surface area contributed by atoms with Crippen LogP contribution >= 0.6 is 27.5 Å². The number of ether oxygens (including phenoxy) is 1. The molecule has 0 spiro atoms. The highest BCUT2D eigenvalue weighted by Gasteiger charge is 2.29. The number of methoxy groups -OCH3 is 1. The minimum absolute atomic E-state index is 0.246. The number of hydrogen-bond acceptors (Lipinski definition) is 6. The lowest BCUT2D eigenvalue weighted by Gasteiger charge is -2.14. The molecule has 0 bridgehead atoms. The van der Waals surface area contributed by atoms with Gasteiger partial charge in [0.25, 0.3) is 0 Å². The normalized spacial score (nSPS) is 12.0. The van der Waals surface area contributed by atoms with Crippen LogP contribution in [-0.4, -0.2) is 29.9 Å². The van der Waals surface area contributed by atoms with E-state index in [1.165, 1.54) is 0 Å². The Hall–Kier alpha value is -1.93. The summed E-state index contributed by atoms with van der Waals surface area (Å²) in [6.45, 7) is 0. The van der Waals surface area contributed by atoms with Gasteiger partial charge in [0.1, 0.15) is 11.4 Å². The predicted octanol–water partition coefficient (Wildman–Crippen LogP) is 1.52. The summed E-state index contributed by atoms with van der Waals surface area (Å²) in [6, 6.07) is 3.48. The molecule has 0 saturated carbocycles. The van der Waals surface area contributed by atoms with Crippen molar-refractivity contribution < 1.29 is 18.7 Å². The van der Waals surface area contributed by atoms with Crippen molar-refractivity contribution in [2.24, 2.45) is 0 Å². The predicted molar refractivity (Wildman–Crippen MR) is 81.6 cm³/mol. The largest absolute Gasteiger partial charge is 0.467 e. The van der Waals surface area contributed by atoms with Gasteiger partial charge >= 0.3 is 11.6 Å². The Balaban J connectivity index is 2.55. The van der Waals surface area contributed by atoms with Crippen LogP contribution in [0, 0.1) is 0 Å². The van der Waals surface area contributed by atoms with Crippen LogP contribution in [-0.2, 0) is 14.3 Å². The second kappa shape index (κ2) is 6.89. The number of nitrogens with one attached hydrogen (secondary N) is 1. The second-order valence-electron chi connectivity index (χ2n) is 4.16. The Morgan fingerprint density at radius 2 is 2.23 bits per heavy atom. The SMILES string of the molecule is COC(=O)C(NC(=O)CCl)c1nc2ccc(Br)cc2oc1=O. The lowest BCUT2D eigenvalue weighted by molar-refractivity contribution is -0.145. The van der Waals surface area contributed by atoms with Crippen molar-refractivity contribution >= 4 is 50.5 Å². The molecule has 1 unspecified atom stereocenters. The third kappa shape index (κ3) is 3.45. The number of fused-ring (bicyclic) bond motifs is 1. The third-order valence-electron chi connectivity index (χ3n) is 2.71. The van der Waals surface area contributed by atoms with E-state index in [-0.39, 0.29) is 17.2 Å². The molecule has 1 N–H and O–H groups in total. The van der Waals surface area contributed by atoms with Gasteiger partial charge in [0, 0.05) is 4.47 Å². The maximum atomic E-state index is 12.0. The van der Waals surface area contributed by atoms with E-state index in [0.29, 0.717) is 9.99 Å². The van der Waals surface area contributed by atoms with E-state index in [2.05, 4.69) is 31.0 Å². The number of halogens is 2. The maximum Gasteiger partial charge on any atom is 0.361 e. The van der Waals surface area contributed by atoms with Gasteiger partial charge in [-0.25, -0.2) is 14.6 Å². The van der Waals surface area contributed by atoms with Crippen LogP contribution in [0.2, 0.25) is 0 Å². The molecule has 0 radical (unpaired) electrons. The van der Waals surface area contributed by atoms with E-state index < -0.39 is 23.5 Å². The van der Waals surface area contributed by atoms with Crippen molar-refractivity contribution in [3.05, 3.63) is 38.8 Å². The van der Waals surface area contributed by atoms with E-state index in [4.69, 9.17) is 16.0 Å². The summed E-state index contributed by atoms with van der Waals surface area (Å²) in [4.78, 5) is 39.3. The summed E-state index contributed by atoms with van der Waals surface area (Å²) in [5.41, 5.74) is -0.529. The van der Waals surface area contributed by atoms with Gasteiger partial charge in [-0.2, -0.15) is 0 Å². The van der Waals surface area contributed by atoms with Gasteiger partial charge < -0.3 is 14.5 Å². The molecule has 9 heteroatoms. The number of hydrogen-bond donors (Lipinski definition) is 1. The topological polar surface area (TPSA) is 98.5 Å². The molecule has 1 heterocycles. The van der Waals surface area contributed by atoms with Crippen LogP contribution < -0.4 is 10.9 Å². The van der Waals surface area contributed by atoms with E-state index in [1.807, 2.05) is 0 Å². The van der Waals surface area contributed by atoms with Gasteiger partial charge in [0.15, 0.2) is 17.3 Å². The lowest BCUT2D eigenvalue weighted by Crippen LogP contribution is -2.38. The number of benzene rings is 1. The summed E-state index contributed by atoms with van der Waals surface area (Å²) in [5.74, 6) is -1.87. The molecule has 0 fully saturated rings. The molecule has 7 nitrogen and oxygen atoms in total. The van der Waals surface area contributed by atoms with Gasteiger partial charge in [-0.15, -0.1) is 11.6 Å². The van der Waals surface area contributed by atoms with Crippen LogP contribution in [0.5, 0.6) is 0 Å². The fraction of sp³-hybridized carbons (Fsp3) is 0.231. The second-order valence-corrected chi connectivity index (χ2v) is 5.34. The highest BCUT2D eigenvalue weighted by atomic mass is 79.9. The maximum absolute atomic E-state index is 12.0. The van der Waals surface area contributed by atoms with Crippen LogP contribution in [0.15, 0.2) is 31.9 Å². The molecule has 1 aromatic carbocycles. The van der Waals surface area contributed by atoms with Crippen molar-refractivity contribution in [2.75, 3.05) is 13.0 Å². The van der Waals surface area contributed by atoms with Crippen molar-refractivity contribution in [3.8, 4) is 0 Å². The van der Waals surface area contributed by atoms with Crippen molar-refractivity contribution in [1.29, 1.82) is 0 Å². The van der Waals surface area contributed by atoms with Gasteiger partial charge in [-0.1, -0.05) is 15.9 Å². The third-order valence-corrected chi connectivity index (χ3v) is 3.45. The first kappa shape index (κ1) is 16.4. The van der Waals surface area contributed by atoms with E-state index in [0.717, 1.165) is 7.11 Å². The number of esters is 1. The lowest BCUT2D eigenvalue weighted by atomic mass is 10.2.